The van der Waals surface area contributed by atoms with Crippen molar-refractivity contribution in [1.82, 2.24) is 9.69 Å². The monoisotopic (exact) mass is 527 g/mol. The number of hydrogen-bond donors (Lipinski definition) is 3. The average Bonchev–Trinajstić information content (AvgIpc) is 3.42. The lowest BCUT2D eigenvalue weighted by molar-refractivity contribution is -0.124. The van der Waals surface area contributed by atoms with E-state index in [1.165, 1.54) is 4.90 Å². The van der Waals surface area contributed by atoms with E-state index in [0.717, 1.165) is 24.4 Å². The van der Waals surface area contributed by atoms with Gasteiger partial charge in [0.2, 0.25) is 0 Å². The summed E-state index contributed by atoms with van der Waals surface area (Å²) in [5.41, 5.74) is 10.9. The molecule has 10 nitrogen and oxygen atoms in total. The second-order valence-corrected chi connectivity index (χ2v) is 10.4. The van der Waals surface area contributed by atoms with Crippen molar-refractivity contribution >= 4 is 40.6 Å². The number of furan rings is 1. The van der Waals surface area contributed by atoms with E-state index in [1.54, 1.807) is 43.3 Å². The number of amides is 3. The van der Waals surface area contributed by atoms with Crippen LogP contribution in [0.1, 0.15) is 78.3 Å². The molecule has 3 amide bonds. The van der Waals surface area contributed by atoms with Crippen molar-refractivity contribution in [2.45, 2.75) is 59.0 Å². The first kappa shape index (κ1) is 27.7. The van der Waals surface area contributed by atoms with E-state index < -0.39 is 29.3 Å². The molecule has 0 spiro atoms. The first-order valence-corrected chi connectivity index (χ1v) is 12.7. The number of nitrogens with two attached hydrogens (primary N) is 2. The van der Waals surface area contributed by atoms with Crippen LogP contribution < -0.4 is 26.4 Å². The second-order valence-electron chi connectivity index (χ2n) is 9.60. The fourth-order valence-corrected chi connectivity index (χ4v) is 4.31. The van der Waals surface area contributed by atoms with Crippen molar-refractivity contribution in [2.24, 2.45) is 5.73 Å². The van der Waals surface area contributed by atoms with Crippen LogP contribution in [0.15, 0.2) is 40.8 Å². The number of benzene rings is 1. The van der Waals surface area contributed by atoms with Crippen LogP contribution in [0.4, 0.5) is 11.4 Å². The Labute approximate surface area is 220 Å². The third-order valence-electron chi connectivity index (χ3n) is 5.29. The highest BCUT2D eigenvalue weighted by Gasteiger charge is 2.38. The van der Waals surface area contributed by atoms with Gasteiger partial charge in [0.1, 0.15) is 22.1 Å². The number of ether oxygens (including phenoxy) is 1. The summed E-state index contributed by atoms with van der Waals surface area (Å²) in [6.45, 7) is 9.90. The first-order chi connectivity index (χ1) is 17.4. The number of hydrogen-bond acceptors (Lipinski definition) is 8. The Hall–Kier alpha value is -3.86. The van der Waals surface area contributed by atoms with Crippen molar-refractivity contribution < 1.29 is 23.5 Å². The maximum atomic E-state index is 14.0. The molecule has 2 aromatic heterocycles. The molecule has 198 valence electrons. The number of aromatic nitrogens is 1. The van der Waals surface area contributed by atoms with E-state index in [4.69, 9.17) is 20.6 Å². The number of primary amides is 1. The molecule has 0 saturated heterocycles. The largest absolute Gasteiger partial charge is 0.494 e. The molecule has 0 radical (unpaired) electrons. The summed E-state index contributed by atoms with van der Waals surface area (Å²) in [5.74, 6) is -0.487. The van der Waals surface area contributed by atoms with Gasteiger partial charge in [0.25, 0.3) is 17.7 Å². The number of rotatable bonds is 10. The minimum Gasteiger partial charge on any atom is -0.494 e. The molecule has 2 heterocycles. The number of carbonyl (C=O) groups is 3. The Kier molecular flexibility index (Phi) is 8.59. The summed E-state index contributed by atoms with van der Waals surface area (Å²) >= 11 is 0.741. The maximum Gasteiger partial charge on any atom is 0.273 e. The number of nitrogen functional groups attached to an aromatic ring is 1. The molecule has 3 aromatic rings. The molecule has 3 rings (SSSR count). The highest BCUT2D eigenvalue weighted by atomic mass is 32.1. The Morgan fingerprint density at radius 1 is 1.16 bits per heavy atom. The van der Waals surface area contributed by atoms with Gasteiger partial charge < -0.3 is 25.9 Å². The zero-order valence-electron chi connectivity index (χ0n) is 21.7. The van der Waals surface area contributed by atoms with Crippen LogP contribution in [0, 0.1) is 6.92 Å². The van der Waals surface area contributed by atoms with E-state index >= 15 is 0 Å². The Morgan fingerprint density at radius 3 is 2.35 bits per heavy atom. The van der Waals surface area contributed by atoms with Gasteiger partial charge in [0.05, 0.1) is 12.3 Å². The minimum atomic E-state index is -1.19. The third-order valence-corrected chi connectivity index (χ3v) is 6.14. The lowest BCUT2D eigenvalue weighted by Gasteiger charge is -2.32. The highest BCUT2D eigenvalue weighted by Crippen LogP contribution is 2.35. The van der Waals surface area contributed by atoms with Crippen LogP contribution in [-0.4, -0.2) is 34.2 Å². The summed E-state index contributed by atoms with van der Waals surface area (Å²) in [6, 6.07) is 8.98. The standard InChI is InChI=1S/C26H33N5O5S/c1-6-7-14-35-17-11-9-16(10-12-17)31(25(34)22-19(27)20(23(28)32)30-37-22)21(18-13-8-15(2)36-18)24(33)29-26(3,4)5/h8-13,21H,6-7,14,27H2,1-5H3,(H2,28,32)(H,29,33)/t21-/m0/s1. The predicted octanol–water partition coefficient (Wildman–Crippen LogP) is 4.21. The molecule has 1 atom stereocenters. The molecule has 0 aliphatic rings. The van der Waals surface area contributed by atoms with Gasteiger partial charge in [0, 0.05) is 11.2 Å². The fraction of sp³-hybridized carbons (Fsp3) is 0.385. The van der Waals surface area contributed by atoms with E-state index in [1.807, 2.05) is 20.8 Å². The molecule has 1 aromatic carbocycles. The van der Waals surface area contributed by atoms with Crippen LogP contribution >= 0.6 is 11.5 Å². The van der Waals surface area contributed by atoms with Crippen molar-refractivity contribution in [3.63, 3.8) is 0 Å². The maximum absolute atomic E-state index is 14.0. The Bertz CT molecular complexity index is 1260. The van der Waals surface area contributed by atoms with Crippen LogP contribution in [-0.2, 0) is 4.79 Å². The zero-order chi connectivity index (χ0) is 27.3. The number of carbonyl (C=O) groups excluding carboxylic acids is 3. The number of nitrogens with zero attached hydrogens (tertiary/aromatic N) is 2. The lowest BCUT2D eigenvalue weighted by Crippen LogP contribution is -2.49. The second kappa shape index (κ2) is 11.5. The van der Waals surface area contributed by atoms with Gasteiger partial charge in [-0.15, -0.1) is 0 Å². The molecule has 0 aliphatic heterocycles. The molecular weight excluding hydrogens is 494 g/mol. The lowest BCUT2D eigenvalue weighted by atomic mass is 10.1. The third kappa shape index (κ3) is 6.67. The minimum absolute atomic E-state index is 0.0195. The molecule has 0 aliphatic carbocycles. The average molecular weight is 528 g/mol. The van der Waals surface area contributed by atoms with Crippen LogP contribution in [0.25, 0.3) is 0 Å². The van der Waals surface area contributed by atoms with Crippen LogP contribution in [0.5, 0.6) is 5.75 Å². The molecule has 0 saturated carbocycles. The smallest absolute Gasteiger partial charge is 0.273 e. The quantitative estimate of drug-likeness (QED) is 0.334. The number of unbranched alkanes of at least 4 members (excludes halogenated alkanes) is 1. The summed E-state index contributed by atoms with van der Waals surface area (Å²) in [7, 11) is 0. The SMILES string of the molecule is CCCCOc1ccc(N(C(=O)c2snc(C(N)=O)c2N)[C@H](C(=O)NC(C)(C)C)c2ccc(C)o2)cc1. The molecule has 5 N–H and O–H groups in total. The first-order valence-electron chi connectivity index (χ1n) is 11.9. The summed E-state index contributed by atoms with van der Waals surface area (Å²) in [4.78, 5) is 40.6. The number of nitrogens with one attached hydrogen (secondary N) is 1. The summed E-state index contributed by atoms with van der Waals surface area (Å²) < 4.78 is 15.6. The van der Waals surface area contributed by atoms with Gasteiger partial charge >= 0.3 is 0 Å². The van der Waals surface area contributed by atoms with E-state index in [0.29, 0.717) is 23.8 Å². The zero-order valence-corrected chi connectivity index (χ0v) is 22.5. The molecule has 0 unspecified atom stereocenters. The predicted molar refractivity (Wildman–Crippen MR) is 143 cm³/mol. The van der Waals surface area contributed by atoms with E-state index in [-0.39, 0.29) is 22.0 Å². The van der Waals surface area contributed by atoms with Crippen molar-refractivity contribution in [3.8, 4) is 5.75 Å². The van der Waals surface area contributed by atoms with Crippen molar-refractivity contribution in [3.05, 3.63) is 58.5 Å². The Morgan fingerprint density at radius 2 is 1.84 bits per heavy atom. The van der Waals surface area contributed by atoms with Gasteiger partial charge in [0.15, 0.2) is 11.7 Å². The molecule has 0 fully saturated rings. The van der Waals surface area contributed by atoms with Gasteiger partial charge in [-0.2, -0.15) is 4.37 Å². The molecule has 0 bridgehead atoms. The van der Waals surface area contributed by atoms with Crippen molar-refractivity contribution in [2.75, 3.05) is 17.2 Å². The van der Waals surface area contributed by atoms with Gasteiger partial charge in [-0.25, -0.2) is 0 Å². The van der Waals surface area contributed by atoms with E-state index in [2.05, 4.69) is 16.6 Å². The molecule has 11 heteroatoms. The van der Waals surface area contributed by atoms with Crippen molar-refractivity contribution in [1.29, 1.82) is 0 Å². The highest BCUT2D eigenvalue weighted by molar-refractivity contribution is 7.09. The number of aryl methyl sites for hydroxylation is 1. The number of anilines is 2. The molecular formula is C26H33N5O5S. The van der Waals surface area contributed by atoms with Gasteiger partial charge in [-0.3, -0.25) is 19.3 Å². The van der Waals surface area contributed by atoms with Gasteiger partial charge in [-0.05, 0) is 82.0 Å². The normalized spacial score (nSPS) is 12.1. The topological polar surface area (TPSA) is 154 Å². The molecule has 37 heavy (non-hydrogen) atoms. The summed E-state index contributed by atoms with van der Waals surface area (Å²) in [6.07, 6.45) is 1.91. The summed E-state index contributed by atoms with van der Waals surface area (Å²) in [5, 5.41) is 2.93. The van der Waals surface area contributed by atoms with Gasteiger partial charge in [-0.1, -0.05) is 13.3 Å². The fourth-order valence-electron chi connectivity index (χ4n) is 3.57. The van der Waals surface area contributed by atoms with Crippen LogP contribution in [0.2, 0.25) is 0 Å². The van der Waals surface area contributed by atoms with E-state index in [9.17, 15) is 14.4 Å². The Balaban J connectivity index is 2.14. The van der Waals surface area contributed by atoms with Crippen LogP contribution in [0.3, 0.4) is 0 Å².